The number of methoxy groups -OCH3 is 1. The second kappa shape index (κ2) is 4.67. The van der Waals surface area contributed by atoms with Crippen LogP contribution in [0.3, 0.4) is 0 Å². The molecule has 0 spiro atoms. The molecular weight excluding hydrogens is 173 g/mol. The van der Waals surface area contributed by atoms with Crippen LogP contribution in [0.2, 0.25) is 0 Å². The van der Waals surface area contributed by atoms with E-state index in [9.17, 15) is 4.39 Å². The molecule has 0 aliphatic carbocycles. The van der Waals surface area contributed by atoms with Crippen LogP contribution < -0.4 is 15.2 Å². The van der Waals surface area contributed by atoms with Gasteiger partial charge in [0.15, 0.2) is 0 Å². The van der Waals surface area contributed by atoms with Crippen LogP contribution in [0.25, 0.3) is 0 Å². The largest absolute Gasteiger partial charge is 0.497 e. The standard InChI is InChI=1S/C9H12FNO2/c1-12-8-4-7(10)5-9(6-8)13-3-2-11/h4-6H,2-3,11H2,1H3. The lowest BCUT2D eigenvalue weighted by molar-refractivity contribution is 0.322. The van der Waals surface area contributed by atoms with E-state index in [0.29, 0.717) is 24.7 Å². The molecule has 0 aromatic heterocycles. The van der Waals surface area contributed by atoms with E-state index in [1.165, 1.54) is 19.2 Å². The Morgan fingerprint density at radius 2 is 2.00 bits per heavy atom. The van der Waals surface area contributed by atoms with E-state index in [1.54, 1.807) is 6.07 Å². The van der Waals surface area contributed by atoms with Crippen molar-refractivity contribution in [3.8, 4) is 11.5 Å². The Labute approximate surface area is 76.3 Å². The van der Waals surface area contributed by atoms with E-state index >= 15 is 0 Å². The maximum atomic E-state index is 12.9. The molecule has 2 N–H and O–H groups in total. The summed E-state index contributed by atoms with van der Waals surface area (Å²) >= 11 is 0. The number of nitrogens with two attached hydrogens (primary N) is 1. The van der Waals surface area contributed by atoms with Crippen LogP contribution in [0.1, 0.15) is 0 Å². The average molecular weight is 185 g/mol. The number of benzene rings is 1. The molecule has 13 heavy (non-hydrogen) atoms. The fourth-order valence-corrected chi connectivity index (χ4v) is 0.915. The molecule has 0 heterocycles. The average Bonchev–Trinajstić information content (AvgIpc) is 2.14. The van der Waals surface area contributed by atoms with E-state index in [1.807, 2.05) is 0 Å². The fraction of sp³-hybridized carbons (Fsp3) is 0.333. The molecule has 0 saturated heterocycles. The molecule has 0 atom stereocenters. The fourth-order valence-electron chi connectivity index (χ4n) is 0.915. The molecule has 3 nitrogen and oxygen atoms in total. The summed E-state index contributed by atoms with van der Waals surface area (Å²) < 4.78 is 22.8. The number of hydrogen-bond donors (Lipinski definition) is 1. The van der Waals surface area contributed by atoms with E-state index in [0.717, 1.165) is 0 Å². The molecule has 1 aromatic rings. The Kier molecular flexibility index (Phi) is 3.52. The smallest absolute Gasteiger partial charge is 0.130 e. The first kappa shape index (κ1) is 9.80. The Morgan fingerprint density at radius 1 is 1.31 bits per heavy atom. The molecule has 0 bridgehead atoms. The lowest BCUT2D eigenvalue weighted by Crippen LogP contribution is -2.10. The Hall–Kier alpha value is -1.29. The lowest BCUT2D eigenvalue weighted by atomic mass is 10.3. The highest BCUT2D eigenvalue weighted by atomic mass is 19.1. The maximum absolute atomic E-state index is 12.9. The van der Waals surface area contributed by atoms with Gasteiger partial charge in [0.1, 0.15) is 23.9 Å². The SMILES string of the molecule is COc1cc(F)cc(OCCN)c1. The molecule has 0 aliphatic rings. The van der Waals surface area contributed by atoms with Gasteiger partial charge in [-0.2, -0.15) is 0 Å². The van der Waals surface area contributed by atoms with Crippen LogP contribution in [0.5, 0.6) is 11.5 Å². The zero-order valence-electron chi connectivity index (χ0n) is 7.42. The highest BCUT2D eigenvalue weighted by Gasteiger charge is 2.00. The van der Waals surface area contributed by atoms with Crippen LogP contribution in [-0.4, -0.2) is 20.3 Å². The topological polar surface area (TPSA) is 44.5 Å². The van der Waals surface area contributed by atoms with Crippen LogP contribution >= 0.6 is 0 Å². The molecular formula is C9H12FNO2. The monoisotopic (exact) mass is 185 g/mol. The summed E-state index contributed by atoms with van der Waals surface area (Å²) in [5, 5.41) is 0. The lowest BCUT2D eigenvalue weighted by Gasteiger charge is -2.06. The molecule has 1 rings (SSSR count). The van der Waals surface area contributed by atoms with E-state index < -0.39 is 0 Å². The van der Waals surface area contributed by atoms with Crippen LogP contribution in [0.4, 0.5) is 4.39 Å². The van der Waals surface area contributed by atoms with Gasteiger partial charge in [0.25, 0.3) is 0 Å². The molecule has 4 heteroatoms. The van der Waals surface area contributed by atoms with Gasteiger partial charge in [-0.3, -0.25) is 0 Å². The summed E-state index contributed by atoms with van der Waals surface area (Å²) in [6, 6.07) is 4.19. The van der Waals surface area contributed by atoms with E-state index in [-0.39, 0.29) is 5.82 Å². The van der Waals surface area contributed by atoms with Crippen molar-refractivity contribution in [2.45, 2.75) is 0 Å². The number of hydrogen-bond acceptors (Lipinski definition) is 3. The van der Waals surface area contributed by atoms with E-state index in [2.05, 4.69) is 0 Å². The first-order valence-corrected chi connectivity index (χ1v) is 3.93. The molecule has 72 valence electrons. The molecule has 0 radical (unpaired) electrons. The Bertz CT molecular complexity index is 278. The van der Waals surface area contributed by atoms with Gasteiger partial charge in [-0.15, -0.1) is 0 Å². The maximum Gasteiger partial charge on any atom is 0.130 e. The third-order valence-electron chi connectivity index (χ3n) is 1.47. The van der Waals surface area contributed by atoms with Gasteiger partial charge < -0.3 is 15.2 Å². The normalized spacial score (nSPS) is 9.77. The zero-order valence-corrected chi connectivity index (χ0v) is 7.42. The van der Waals surface area contributed by atoms with Crippen LogP contribution in [0.15, 0.2) is 18.2 Å². The van der Waals surface area contributed by atoms with Crippen molar-refractivity contribution in [1.82, 2.24) is 0 Å². The second-order valence-electron chi connectivity index (χ2n) is 2.46. The third-order valence-corrected chi connectivity index (χ3v) is 1.47. The van der Waals surface area contributed by atoms with Gasteiger partial charge in [0, 0.05) is 24.7 Å². The van der Waals surface area contributed by atoms with Gasteiger partial charge >= 0.3 is 0 Å². The molecule has 0 fully saturated rings. The molecule has 0 aliphatic heterocycles. The van der Waals surface area contributed by atoms with Crippen molar-refractivity contribution in [3.63, 3.8) is 0 Å². The minimum absolute atomic E-state index is 0.368. The minimum atomic E-state index is -0.383. The Balaban J connectivity index is 2.76. The summed E-state index contributed by atoms with van der Waals surface area (Å²) in [5.74, 6) is 0.487. The molecule has 1 aromatic carbocycles. The van der Waals surface area contributed by atoms with Crippen LogP contribution in [-0.2, 0) is 0 Å². The van der Waals surface area contributed by atoms with Crippen molar-refractivity contribution < 1.29 is 13.9 Å². The summed E-state index contributed by atoms with van der Waals surface area (Å²) in [5.41, 5.74) is 5.23. The highest BCUT2D eigenvalue weighted by Crippen LogP contribution is 2.21. The number of ether oxygens (including phenoxy) is 2. The second-order valence-corrected chi connectivity index (χ2v) is 2.46. The third kappa shape index (κ3) is 2.91. The summed E-state index contributed by atoms with van der Waals surface area (Å²) in [4.78, 5) is 0. The zero-order chi connectivity index (χ0) is 9.68. The van der Waals surface area contributed by atoms with Crippen molar-refractivity contribution in [1.29, 1.82) is 0 Å². The number of rotatable bonds is 4. The summed E-state index contributed by atoms with van der Waals surface area (Å²) in [7, 11) is 1.47. The first-order chi connectivity index (χ1) is 6.26. The predicted molar refractivity (Wildman–Crippen MR) is 47.5 cm³/mol. The number of halogens is 1. The van der Waals surface area contributed by atoms with Crippen molar-refractivity contribution in [2.75, 3.05) is 20.3 Å². The summed E-state index contributed by atoms with van der Waals surface area (Å²) in [6.45, 7) is 0.769. The van der Waals surface area contributed by atoms with Crippen molar-refractivity contribution >= 4 is 0 Å². The quantitative estimate of drug-likeness (QED) is 0.765. The minimum Gasteiger partial charge on any atom is -0.497 e. The highest BCUT2D eigenvalue weighted by molar-refractivity contribution is 5.33. The van der Waals surface area contributed by atoms with Crippen molar-refractivity contribution in [2.24, 2.45) is 5.73 Å². The van der Waals surface area contributed by atoms with Gasteiger partial charge in [-0.05, 0) is 0 Å². The van der Waals surface area contributed by atoms with Gasteiger partial charge in [0.05, 0.1) is 7.11 Å². The predicted octanol–water partition coefficient (Wildman–Crippen LogP) is 1.17. The summed E-state index contributed by atoms with van der Waals surface area (Å²) in [6.07, 6.45) is 0. The van der Waals surface area contributed by atoms with Gasteiger partial charge in [-0.25, -0.2) is 4.39 Å². The van der Waals surface area contributed by atoms with Gasteiger partial charge in [-0.1, -0.05) is 0 Å². The van der Waals surface area contributed by atoms with Gasteiger partial charge in [0.2, 0.25) is 0 Å². The first-order valence-electron chi connectivity index (χ1n) is 3.93. The van der Waals surface area contributed by atoms with Crippen LogP contribution in [0, 0.1) is 5.82 Å². The Morgan fingerprint density at radius 3 is 2.62 bits per heavy atom. The van der Waals surface area contributed by atoms with Crippen molar-refractivity contribution in [3.05, 3.63) is 24.0 Å². The molecule has 0 saturated carbocycles. The molecule has 0 amide bonds. The molecule has 0 unspecified atom stereocenters. The van der Waals surface area contributed by atoms with E-state index in [4.69, 9.17) is 15.2 Å².